The average Bonchev–Trinajstić information content (AvgIpc) is 2.66. The highest BCUT2D eigenvalue weighted by atomic mass is 16.5. The molecule has 0 bridgehead atoms. The predicted octanol–water partition coefficient (Wildman–Crippen LogP) is 4.51. The SMILES string of the molecule is CCOc1cc2c(cc1OC)CCN(C=O)C2CCC1CCCCC1. The Hall–Kier alpha value is -1.71. The molecule has 1 aromatic carbocycles. The lowest BCUT2D eigenvalue weighted by Gasteiger charge is -2.36. The van der Waals surface area contributed by atoms with E-state index in [0.717, 1.165) is 43.2 Å². The van der Waals surface area contributed by atoms with Crippen LogP contribution in [0.3, 0.4) is 0 Å². The summed E-state index contributed by atoms with van der Waals surface area (Å²) in [5, 5.41) is 0. The first-order valence-electron chi connectivity index (χ1n) is 9.81. The van der Waals surface area contributed by atoms with Crippen molar-refractivity contribution in [3.63, 3.8) is 0 Å². The lowest BCUT2D eigenvalue weighted by molar-refractivity contribution is -0.121. The molecule has 1 aliphatic heterocycles. The molecule has 1 amide bonds. The van der Waals surface area contributed by atoms with Crippen LogP contribution in [0.25, 0.3) is 0 Å². The maximum atomic E-state index is 11.6. The summed E-state index contributed by atoms with van der Waals surface area (Å²) in [4.78, 5) is 13.6. The van der Waals surface area contributed by atoms with Gasteiger partial charge in [0, 0.05) is 6.54 Å². The van der Waals surface area contributed by atoms with Crippen LogP contribution in [0.4, 0.5) is 0 Å². The normalized spacial score (nSPS) is 20.9. The smallest absolute Gasteiger partial charge is 0.210 e. The van der Waals surface area contributed by atoms with Gasteiger partial charge < -0.3 is 14.4 Å². The number of methoxy groups -OCH3 is 1. The molecule has 0 radical (unpaired) electrons. The number of hydrogen-bond acceptors (Lipinski definition) is 3. The molecule has 25 heavy (non-hydrogen) atoms. The van der Waals surface area contributed by atoms with E-state index in [1.807, 2.05) is 11.8 Å². The summed E-state index contributed by atoms with van der Waals surface area (Å²) in [5.41, 5.74) is 2.55. The van der Waals surface area contributed by atoms with Crippen LogP contribution in [0.2, 0.25) is 0 Å². The maximum Gasteiger partial charge on any atom is 0.210 e. The minimum atomic E-state index is 0.174. The molecule has 2 aliphatic rings. The van der Waals surface area contributed by atoms with Gasteiger partial charge in [-0.3, -0.25) is 4.79 Å². The third-order valence-corrected chi connectivity index (χ3v) is 5.83. The van der Waals surface area contributed by atoms with Crippen LogP contribution in [0.1, 0.15) is 69.0 Å². The monoisotopic (exact) mass is 345 g/mol. The number of benzene rings is 1. The Bertz CT molecular complexity index is 581. The number of rotatable bonds is 7. The zero-order valence-electron chi connectivity index (χ0n) is 15.6. The molecule has 0 spiro atoms. The van der Waals surface area contributed by atoms with Gasteiger partial charge in [0.15, 0.2) is 11.5 Å². The van der Waals surface area contributed by atoms with E-state index in [1.165, 1.54) is 49.7 Å². The standard InChI is InChI=1S/C21H31NO3/c1-3-25-21-14-18-17(13-20(21)24-2)11-12-22(15-23)19(18)10-9-16-7-5-4-6-8-16/h13-16,19H,3-12H2,1-2H3. The van der Waals surface area contributed by atoms with Crippen LogP contribution in [-0.2, 0) is 11.2 Å². The van der Waals surface area contributed by atoms with Gasteiger partial charge in [0.1, 0.15) is 0 Å². The molecule has 0 saturated heterocycles. The number of amides is 1. The predicted molar refractivity (Wildman–Crippen MR) is 99.2 cm³/mol. The van der Waals surface area contributed by atoms with Gasteiger partial charge in [-0.05, 0) is 55.4 Å². The van der Waals surface area contributed by atoms with Crippen molar-refractivity contribution in [2.45, 2.75) is 64.3 Å². The third-order valence-electron chi connectivity index (χ3n) is 5.83. The fourth-order valence-electron chi connectivity index (χ4n) is 4.47. The minimum Gasteiger partial charge on any atom is -0.493 e. The second kappa shape index (κ2) is 8.59. The van der Waals surface area contributed by atoms with Crippen molar-refractivity contribution in [1.29, 1.82) is 0 Å². The van der Waals surface area contributed by atoms with Crippen LogP contribution < -0.4 is 9.47 Å². The lowest BCUT2D eigenvalue weighted by Crippen LogP contribution is -2.34. The number of fused-ring (bicyclic) bond motifs is 1. The number of ether oxygens (including phenoxy) is 2. The van der Waals surface area contributed by atoms with Gasteiger partial charge in [-0.15, -0.1) is 0 Å². The number of carbonyl (C=O) groups is 1. The molecule has 1 heterocycles. The van der Waals surface area contributed by atoms with Gasteiger partial charge in [0.25, 0.3) is 0 Å². The van der Waals surface area contributed by atoms with E-state index < -0.39 is 0 Å². The molecular formula is C21H31NO3. The van der Waals surface area contributed by atoms with E-state index in [9.17, 15) is 4.79 Å². The average molecular weight is 345 g/mol. The van der Waals surface area contributed by atoms with E-state index >= 15 is 0 Å². The molecular weight excluding hydrogens is 314 g/mol. The second-order valence-corrected chi connectivity index (χ2v) is 7.33. The van der Waals surface area contributed by atoms with Crippen molar-refractivity contribution < 1.29 is 14.3 Å². The van der Waals surface area contributed by atoms with Gasteiger partial charge in [0.05, 0.1) is 19.8 Å². The van der Waals surface area contributed by atoms with Crippen LogP contribution in [0.15, 0.2) is 12.1 Å². The fraction of sp³-hybridized carbons (Fsp3) is 0.667. The molecule has 1 unspecified atom stereocenters. The highest BCUT2D eigenvalue weighted by molar-refractivity contribution is 5.55. The highest BCUT2D eigenvalue weighted by Gasteiger charge is 2.29. The Morgan fingerprint density at radius 1 is 1.16 bits per heavy atom. The third kappa shape index (κ3) is 4.10. The first-order valence-corrected chi connectivity index (χ1v) is 9.81. The van der Waals surface area contributed by atoms with E-state index in [2.05, 4.69) is 12.1 Å². The molecule has 3 rings (SSSR count). The number of carbonyl (C=O) groups excluding carboxylic acids is 1. The van der Waals surface area contributed by atoms with E-state index in [4.69, 9.17) is 9.47 Å². The molecule has 1 saturated carbocycles. The summed E-state index contributed by atoms with van der Waals surface area (Å²) in [6, 6.07) is 4.39. The largest absolute Gasteiger partial charge is 0.493 e. The minimum absolute atomic E-state index is 0.174. The van der Waals surface area contributed by atoms with Crippen molar-refractivity contribution in [3.8, 4) is 11.5 Å². The maximum absolute atomic E-state index is 11.6. The molecule has 138 valence electrons. The van der Waals surface area contributed by atoms with Gasteiger partial charge in [0.2, 0.25) is 6.41 Å². The van der Waals surface area contributed by atoms with E-state index in [-0.39, 0.29) is 6.04 Å². The Balaban J connectivity index is 1.82. The summed E-state index contributed by atoms with van der Waals surface area (Å²) in [6.07, 6.45) is 11.0. The van der Waals surface area contributed by atoms with Crippen molar-refractivity contribution in [2.75, 3.05) is 20.3 Å². The van der Waals surface area contributed by atoms with Crippen molar-refractivity contribution >= 4 is 6.41 Å². The zero-order chi connectivity index (χ0) is 17.6. The first-order chi connectivity index (χ1) is 12.3. The van der Waals surface area contributed by atoms with Gasteiger partial charge in [-0.25, -0.2) is 0 Å². The molecule has 1 atom stereocenters. The first kappa shape index (κ1) is 18.1. The van der Waals surface area contributed by atoms with Crippen molar-refractivity contribution in [1.82, 2.24) is 4.90 Å². The van der Waals surface area contributed by atoms with Gasteiger partial charge in [-0.1, -0.05) is 32.1 Å². The topological polar surface area (TPSA) is 38.8 Å². The molecule has 1 fully saturated rings. The molecule has 1 aliphatic carbocycles. The number of nitrogens with zero attached hydrogens (tertiary/aromatic N) is 1. The summed E-state index contributed by atoms with van der Waals surface area (Å²) in [7, 11) is 1.69. The van der Waals surface area contributed by atoms with Crippen LogP contribution in [0.5, 0.6) is 11.5 Å². The molecule has 1 aromatic rings. The molecule has 4 heteroatoms. The zero-order valence-corrected chi connectivity index (χ0v) is 15.6. The van der Waals surface area contributed by atoms with Crippen LogP contribution >= 0.6 is 0 Å². The number of hydrogen-bond donors (Lipinski definition) is 0. The summed E-state index contributed by atoms with van der Waals surface area (Å²) >= 11 is 0. The quantitative estimate of drug-likeness (QED) is 0.683. The second-order valence-electron chi connectivity index (χ2n) is 7.33. The van der Waals surface area contributed by atoms with Gasteiger partial charge >= 0.3 is 0 Å². The van der Waals surface area contributed by atoms with Crippen molar-refractivity contribution in [3.05, 3.63) is 23.3 Å². The Kier molecular flexibility index (Phi) is 6.22. The highest BCUT2D eigenvalue weighted by Crippen LogP contribution is 2.41. The van der Waals surface area contributed by atoms with Crippen molar-refractivity contribution in [2.24, 2.45) is 5.92 Å². The van der Waals surface area contributed by atoms with E-state index in [0.29, 0.717) is 6.61 Å². The molecule has 0 N–H and O–H groups in total. The van der Waals surface area contributed by atoms with Crippen LogP contribution in [-0.4, -0.2) is 31.6 Å². The molecule has 0 aromatic heterocycles. The summed E-state index contributed by atoms with van der Waals surface area (Å²) in [6.45, 7) is 3.39. The summed E-state index contributed by atoms with van der Waals surface area (Å²) in [5.74, 6) is 2.42. The van der Waals surface area contributed by atoms with Crippen LogP contribution in [0, 0.1) is 5.92 Å². The summed E-state index contributed by atoms with van der Waals surface area (Å²) < 4.78 is 11.3. The fourth-order valence-corrected chi connectivity index (χ4v) is 4.47. The Morgan fingerprint density at radius 2 is 1.96 bits per heavy atom. The Morgan fingerprint density at radius 3 is 2.64 bits per heavy atom. The van der Waals surface area contributed by atoms with Gasteiger partial charge in [-0.2, -0.15) is 0 Å². The van der Waals surface area contributed by atoms with E-state index in [1.54, 1.807) is 7.11 Å². The lowest BCUT2D eigenvalue weighted by atomic mass is 9.82. The Labute approximate surface area is 151 Å². The molecule has 4 nitrogen and oxygen atoms in total.